The van der Waals surface area contributed by atoms with Crippen LogP contribution in [0.5, 0.6) is 0 Å². The summed E-state index contributed by atoms with van der Waals surface area (Å²) in [6.45, 7) is 0.755. The van der Waals surface area contributed by atoms with Crippen molar-refractivity contribution >= 4 is 5.69 Å². The average molecular weight is 279 g/mol. The van der Waals surface area contributed by atoms with Crippen LogP contribution in [0, 0.1) is 0 Å². The van der Waals surface area contributed by atoms with Gasteiger partial charge in [-0.2, -0.15) is 5.10 Å². The van der Waals surface area contributed by atoms with E-state index in [0.717, 1.165) is 29.1 Å². The van der Waals surface area contributed by atoms with Gasteiger partial charge >= 0.3 is 0 Å². The molecule has 0 bridgehead atoms. The van der Waals surface area contributed by atoms with Crippen LogP contribution in [-0.2, 0) is 6.54 Å². The molecule has 0 saturated heterocycles. The molecule has 21 heavy (non-hydrogen) atoms. The molecule has 106 valence electrons. The third-order valence-corrected chi connectivity index (χ3v) is 3.81. The number of imidazole rings is 1. The third kappa shape index (κ3) is 2.67. The van der Waals surface area contributed by atoms with Crippen LogP contribution < -0.4 is 5.32 Å². The number of hydrogen-bond acceptors (Lipinski definition) is 3. The zero-order chi connectivity index (χ0) is 14.1. The van der Waals surface area contributed by atoms with Crippen molar-refractivity contribution in [1.82, 2.24) is 19.7 Å². The van der Waals surface area contributed by atoms with Crippen molar-refractivity contribution in [2.24, 2.45) is 0 Å². The number of nitrogens with zero attached hydrogens (tertiary/aromatic N) is 3. The van der Waals surface area contributed by atoms with Crippen LogP contribution in [0.25, 0.3) is 11.1 Å². The van der Waals surface area contributed by atoms with Gasteiger partial charge in [-0.15, -0.1) is 0 Å². The van der Waals surface area contributed by atoms with E-state index in [2.05, 4.69) is 55.5 Å². The second-order valence-electron chi connectivity index (χ2n) is 5.46. The van der Waals surface area contributed by atoms with Crippen LogP contribution in [0.2, 0.25) is 0 Å². The molecule has 1 aliphatic rings. The predicted octanol–water partition coefficient (Wildman–Crippen LogP) is 3.22. The second-order valence-corrected chi connectivity index (χ2v) is 5.46. The molecule has 1 aliphatic carbocycles. The lowest BCUT2D eigenvalue weighted by Crippen LogP contribution is -1.99. The minimum Gasteiger partial charge on any atom is -0.379 e. The van der Waals surface area contributed by atoms with E-state index < -0.39 is 0 Å². The highest BCUT2D eigenvalue weighted by Gasteiger charge is 2.23. The summed E-state index contributed by atoms with van der Waals surface area (Å²) in [5, 5.41) is 10.2. The maximum absolute atomic E-state index is 4.44. The van der Waals surface area contributed by atoms with E-state index in [0.29, 0.717) is 6.04 Å². The lowest BCUT2D eigenvalue weighted by molar-refractivity contribution is 0.739. The van der Waals surface area contributed by atoms with Gasteiger partial charge in [-0.3, -0.25) is 5.10 Å². The number of hydrogen-bond donors (Lipinski definition) is 2. The van der Waals surface area contributed by atoms with Crippen molar-refractivity contribution in [2.75, 3.05) is 5.32 Å². The normalized spacial score (nSPS) is 14.3. The Balaban J connectivity index is 1.40. The van der Waals surface area contributed by atoms with Gasteiger partial charge in [0.2, 0.25) is 0 Å². The molecule has 5 nitrogen and oxygen atoms in total. The van der Waals surface area contributed by atoms with Gasteiger partial charge in [0.25, 0.3) is 0 Å². The molecule has 0 radical (unpaired) electrons. The number of benzene rings is 1. The van der Waals surface area contributed by atoms with Crippen molar-refractivity contribution in [3.63, 3.8) is 0 Å². The van der Waals surface area contributed by atoms with Crippen molar-refractivity contribution < 1.29 is 0 Å². The van der Waals surface area contributed by atoms with Gasteiger partial charge in [-0.25, -0.2) is 4.98 Å². The van der Waals surface area contributed by atoms with Gasteiger partial charge in [-0.1, -0.05) is 12.1 Å². The number of H-pyrrole nitrogens is 1. The molecular formula is C16H17N5. The molecule has 0 spiro atoms. The topological polar surface area (TPSA) is 58.5 Å². The summed E-state index contributed by atoms with van der Waals surface area (Å²) >= 11 is 0. The third-order valence-electron chi connectivity index (χ3n) is 3.81. The van der Waals surface area contributed by atoms with Crippen LogP contribution in [0.15, 0.2) is 49.2 Å². The van der Waals surface area contributed by atoms with Crippen molar-refractivity contribution in [2.45, 2.75) is 25.4 Å². The molecule has 2 aromatic heterocycles. The number of aromatic amines is 1. The maximum atomic E-state index is 4.44. The van der Waals surface area contributed by atoms with Gasteiger partial charge in [-0.05, 0) is 30.5 Å². The van der Waals surface area contributed by atoms with E-state index in [-0.39, 0.29) is 0 Å². The fourth-order valence-corrected chi connectivity index (χ4v) is 2.43. The molecule has 0 unspecified atom stereocenters. The van der Waals surface area contributed by atoms with Crippen LogP contribution in [0.4, 0.5) is 5.69 Å². The fourth-order valence-electron chi connectivity index (χ4n) is 2.43. The summed E-state index contributed by atoms with van der Waals surface area (Å²) in [7, 11) is 0. The number of anilines is 1. The Morgan fingerprint density at radius 2 is 2.05 bits per heavy atom. The van der Waals surface area contributed by atoms with Gasteiger partial charge < -0.3 is 9.88 Å². The molecule has 3 aromatic rings. The summed E-state index contributed by atoms with van der Waals surface area (Å²) < 4.78 is 2.22. The Morgan fingerprint density at radius 3 is 2.76 bits per heavy atom. The van der Waals surface area contributed by atoms with E-state index in [1.54, 1.807) is 0 Å². The van der Waals surface area contributed by atoms with E-state index in [4.69, 9.17) is 0 Å². The SMILES string of the molecule is c1cc(-c2cn[nH]c2)ccc1NCc1cn(C2CC2)cn1. The smallest absolute Gasteiger partial charge is 0.0952 e. The summed E-state index contributed by atoms with van der Waals surface area (Å²) in [6, 6.07) is 9.05. The molecule has 2 heterocycles. The number of rotatable bonds is 5. The lowest BCUT2D eigenvalue weighted by atomic mass is 10.1. The predicted molar refractivity (Wildman–Crippen MR) is 81.8 cm³/mol. The molecular weight excluding hydrogens is 262 g/mol. The highest BCUT2D eigenvalue weighted by molar-refractivity contribution is 5.64. The minimum atomic E-state index is 0.695. The number of nitrogens with one attached hydrogen (secondary N) is 2. The minimum absolute atomic E-state index is 0.695. The van der Waals surface area contributed by atoms with E-state index in [1.165, 1.54) is 12.8 Å². The Labute approximate surface area is 123 Å². The fraction of sp³-hybridized carbons (Fsp3) is 0.250. The second kappa shape index (κ2) is 5.09. The van der Waals surface area contributed by atoms with Gasteiger partial charge in [0.05, 0.1) is 24.8 Å². The molecule has 1 fully saturated rings. The summed E-state index contributed by atoms with van der Waals surface area (Å²) in [4.78, 5) is 4.44. The quantitative estimate of drug-likeness (QED) is 0.754. The summed E-state index contributed by atoms with van der Waals surface area (Å²) in [5.74, 6) is 0. The standard InChI is InChI=1S/C16H17N5/c1-3-14(4-2-12(1)13-7-19-20-8-13)17-9-15-10-21(11-18-15)16-5-6-16/h1-4,7-8,10-11,16-17H,5-6,9H2,(H,19,20). The molecule has 5 heteroatoms. The first-order chi connectivity index (χ1) is 10.4. The van der Waals surface area contributed by atoms with Crippen LogP contribution in [-0.4, -0.2) is 19.7 Å². The molecule has 1 saturated carbocycles. The van der Waals surface area contributed by atoms with Crippen molar-refractivity contribution in [1.29, 1.82) is 0 Å². The van der Waals surface area contributed by atoms with E-state index in [1.807, 2.05) is 18.7 Å². The zero-order valence-electron chi connectivity index (χ0n) is 11.7. The van der Waals surface area contributed by atoms with E-state index >= 15 is 0 Å². The number of aromatic nitrogens is 4. The molecule has 2 N–H and O–H groups in total. The van der Waals surface area contributed by atoms with Gasteiger partial charge in [0.1, 0.15) is 0 Å². The van der Waals surface area contributed by atoms with Gasteiger partial charge in [0, 0.05) is 29.7 Å². The Morgan fingerprint density at radius 1 is 1.19 bits per heavy atom. The lowest BCUT2D eigenvalue weighted by Gasteiger charge is -2.05. The summed E-state index contributed by atoms with van der Waals surface area (Å²) in [5.41, 5.74) is 4.45. The molecule has 0 atom stereocenters. The summed E-state index contributed by atoms with van der Waals surface area (Å²) in [6.07, 6.45) is 10.4. The highest BCUT2D eigenvalue weighted by Crippen LogP contribution is 2.34. The van der Waals surface area contributed by atoms with Crippen molar-refractivity contribution in [3.05, 3.63) is 54.9 Å². The first kappa shape index (κ1) is 12.2. The van der Waals surface area contributed by atoms with Crippen molar-refractivity contribution in [3.8, 4) is 11.1 Å². The molecule has 1 aromatic carbocycles. The molecule has 0 amide bonds. The first-order valence-electron chi connectivity index (χ1n) is 7.24. The maximum Gasteiger partial charge on any atom is 0.0952 e. The van der Waals surface area contributed by atoms with Crippen LogP contribution in [0.1, 0.15) is 24.6 Å². The van der Waals surface area contributed by atoms with Crippen LogP contribution in [0.3, 0.4) is 0 Å². The Kier molecular flexibility index (Phi) is 2.96. The molecule has 0 aliphatic heterocycles. The van der Waals surface area contributed by atoms with E-state index in [9.17, 15) is 0 Å². The van der Waals surface area contributed by atoms with Crippen LogP contribution >= 0.6 is 0 Å². The zero-order valence-corrected chi connectivity index (χ0v) is 11.7. The molecule has 4 rings (SSSR count). The van der Waals surface area contributed by atoms with Gasteiger partial charge in [0.15, 0.2) is 0 Å². The largest absolute Gasteiger partial charge is 0.379 e. The monoisotopic (exact) mass is 279 g/mol. The first-order valence-corrected chi connectivity index (χ1v) is 7.24. The Bertz CT molecular complexity index is 707. The Hall–Kier alpha value is -2.56. The highest BCUT2D eigenvalue weighted by atomic mass is 15.1. The average Bonchev–Trinajstić information content (AvgIpc) is 3.04.